The monoisotopic (exact) mass is 375 g/mol. The standard InChI is InChI=1S/C19H21NO5S/c1-5-13(12-9-7-6-8-10-12)16(21)20-17-14(18(22)24-3)11(2)15(26-17)19(23)25-4/h6-10,13H,5H2,1-4H3,(H,20,21). The van der Waals surface area contributed by atoms with Crippen LogP contribution < -0.4 is 5.32 Å². The summed E-state index contributed by atoms with van der Waals surface area (Å²) < 4.78 is 9.55. The molecule has 0 saturated carbocycles. The SMILES string of the molecule is CCC(C(=O)Nc1sc(C(=O)OC)c(C)c1C(=O)OC)c1ccccc1. The predicted octanol–water partition coefficient (Wildman–Crippen LogP) is 3.76. The first-order valence-electron chi connectivity index (χ1n) is 8.10. The Morgan fingerprint density at radius 1 is 1.08 bits per heavy atom. The fourth-order valence-corrected chi connectivity index (χ4v) is 3.81. The number of rotatable bonds is 6. The van der Waals surface area contributed by atoms with Crippen LogP contribution in [0.25, 0.3) is 0 Å². The molecule has 1 amide bonds. The van der Waals surface area contributed by atoms with Crippen molar-refractivity contribution in [2.24, 2.45) is 0 Å². The lowest BCUT2D eigenvalue weighted by molar-refractivity contribution is -0.117. The van der Waals surface area contributed by atoms with Crippen LogP contribution in [0.5, 0.6) is 0 Å². The van der Waals surface area contributed by atoms with E-state index in [1.165, 1.54) is 14.2 Å². The average Bonchev–Trinajstić information content (AvgIpc) is 2.97. The summed E-state index contributed by atoms with van der Waals surface area (Å²) in [5, 5.41) is 3.07. The highest BCUT2D eigenvalue weighted by molar-refractivity contribution is 7.18. The lowest BCUT2D eigenvalue weighted by atomic mass is 9.95. The molecule has 1 atom stereocenters. The molecule has 2 rings (SSSR count). The number of amides is 1. The summed E-state index contributed by atoms with van der Waals surface area (Å²) in [6.07, 6.45) is 0.595. The van der Waals surface area contributed by atoms with Gasteiger partial charge in [-0.3, -0.25) is 4.79 Å². The molecule has 0 aliphatic carbocycles. The topological polar surface area (TPSA) is 81.7 Å². The zero-order valence-corrected chi connectivity index (χ0v) is 15.9. The average molecular weight is 375 g/mol. The molecule has 7 heteroatoms. The molecule has 0 aliphatic heterocycles. The highest BCUT2D eigenvalue weighted by atomic mass is 32.1. The molecule has 6 nitrogen and oxygen atoms in total. The second-order valence-corrected chi connectivity index (χ2v) is 6.62. The molecular formula is C19H21NO5S. The van der Waals surface area contributed by atoms with Gasteiger partial charge in [0, 0.05) is 0 Å². The summed E-state index contributed by atoms with van der Waals surface area (Å²) in [7, 11) is 2.52. The zero-order valence-electron chi connectivity index (χ0n) is 15.1. The molecule has 0 aliphatic rings. The van der Waals surface area contributed by atoms with Crippen molar-refractivity contribution in [1.29, 1.82) is 0 Å². The van der Waals surface area contributed by atoms with E-state index in [0.29, 0.717) is 12.0 Å². The van der Waals surface area contributed by atoms with Crippen LogP contribution in [0.2, 0.25) is 0 Å². The van der Waals surface area contributed by atoms with E-state index in [0.717, 1.165) is 16.9 Å². The number of nitrogens with one attached hydrogen (secondary N) is 1. The first-order chi connectivity index (χ1) is 12.4. The number of methoxy groups -OCH3 is 2. The van der Waals surface area contributed by atoms with Crippen LogP contribution in [-0.4, -0.2) is 32.1 Å². The molecule has 1 aromatic heterocycles. The van der Waals surface area contributed by atoms with Crippen molar-refractivity contribution in [1.82, 2.24) is 0 Å². The second-order valence-electron chi connectivity index (χ2n) is 5.60. The van der Waals surface area contributed by atoms with Gasteiger partial charge in [0.1, 0.15) is 9.88 Å². The van der Waals surface area contributed by atoms with Crippen molar-refractivity contribution in [3.05, 3.63) is 51.9 Å². The minimum atomic E-state index is -0.614. The van der Waals surface area contributed by atoms with Crippen molar-refractivity contribution in [3.8, 4) is 0 Å². The Morgan fingerprint density at radius 3 is 2.23 bits per heavy atom. The summed E-state index contributed by atoms with van der Waals surface area (Å²) in [5.74, 6) is -1.79. The van der Waals surface area contributed by atoms with Gasteiger partial charge in [-0.05, 0) is 24.5 Å². The van der Waals surface area contributed by atoms with E-state index >= 15 is 0 Å². The number of ether oxygens (including phenoxy) is 2. The summed E-state index contributed by atoms with van der Waals surface area (Å²) in [6, 6.07) is 9.39. The number of anilines is 1. The Kier molecular flexibility index (Phi) is 6.52. The minimum absolute atomic E-state index is 0.175. The number of thiophene rings is 1. The van der Waals surface area contributed by atoms with E-state index < -0.39 is 11.9 Å². The molecule has 1 heterocycles. The summed E-state index contributed by atoms with van der Waals surface area (Å²) >= 11 is 1.01. The Hall–Kier alpha value is -2.67. The normalized spacial score (nSPS) is 11.5. The van der Waals surface area contributed by atoms with Crippen molar-refractivity contribution >= 4 is 34.2 Å². The molecule has 26 heavy (non-hydrogen) atoms. The van der Waals surface area contributed by atoms with Gasteiger partial charge in [0.15, 0.2) is 0 Å². The number of carbonyl (C=O) groups excluding carboxylic acids is 3. The van der Waals surface area contributed by atoms with E-state index in [2.05, 4.69) is 5.32 Å². The first kappa shape index (κ1) is 19.7. The van der Waals surface area contributed by atoms with Crippen molar-refractivity contribution in [2.45, 2.75) is 26.2 Å². The number of esters is 2. The van der Waals surface area contributed by atoms with Crippen molar-refractivity contribution in [2.75, 3.05) is 19.5 Å². The molecule has 0 fully saturated rings. The quantitative estimate of drug-likeness (QED) is 0.778. The molecule has 1 unspecified atom stereocenters. The lowest BCUT2D eigenvalue weighted by Gasteiger charge is -2.15. The van der Waals surface area contributed by atoms with E-state index in [1.54, 1.807) is 6.92 Å². The van der Waals surface area contributed by atoms with Gasteiger partial charge in [0.25, 0.3) is 0 Å². The van der Waals surface area contributed by atoms with Crippen LogP contribution in [0.15, 0.2) is 30.3 Å². The third-order valence-electron chi connectivity index (χ3n) is 4.07. The van der Waals surface area contributed by atoms with Gasteiger partial charge in [-0.25, -0.2) is 9.59 Å². The fourth-order valence-electron chi connectivity index (χ4n) is 2.69. The molecule has 1 N–H and O–H groups in total. The van der Waals surface area contributed by atoms with E-state index in [-0.39, 0.29) is 27.3 Å². The molecule has 2 aromatic rings. The Balaban J connectivity index is 2.39. The minimum Gasteiger partial charge on any atom is -0.465 e. The number of hydrogen-bond acceptors (Lipinski definition) is 6. The Morgan fingerprint density at radius 2 is 1.69 bits per heavy atom. The van der Waals surface area contributed by atoms with Crippen LogP contribution in [0.3, 0.4) is 0 Å². The molecule has 0 spiro atoms. The van der Waals surface area contributed by atoms with E-state index in [9.17, 15) is 14.4 Å². The van der Waals surface area contributed by atoms with Gasteiger partial charge in [0.05, 0.1) is 25.7 Å². The zero-order chi connectivity index (χ0) is 19.3. The number of hydrogen-bond donors (Lipinski definition) is 1. The molecular weight excluding hydrogens is 354 g/mol. The van der Waals surface area contributed by atoms with Gasteiger partial charge in [0.2, 0.25) is 5.91 Å². The van der Waals surface area contributed by atoms with Crippen molar-refractivity contribution in [3.63, 3.8) is 0 Å². The van der Waals surface area contributed by atoms with Crippen LogP contribution in [0, 0.1) is 6.92 Å². The summed E-state index contributed by atoms with van der Waals surface area (Å²) in [6.45, 7) is 3.54. The highest BCUT2D eigenvalue weighted by Crippen LogP contribution is 2.35. The van der Waals surface area contributed by atoms with Crippen LogP contribution in [0.1, 0.15) is 50.4 Å². The highest BCUT2D eigenvalue weighted by Gasteiger charge is 2.28. The third-order valence-corrected chi connectivity index (χ3v) is 5.26. The number of benzene rings is 1. The van der Waals surface area contributed by atoms with Crippen molar-refractivity contribution < 1.29 is 23.9 Å². The molecule has 0 saturated heterocycles. The maximum Gasteiger partial charge on any atom is 0.348 e. The largest absolute Gasteiger partial charge is 0.465 e. The predicted molar refractivity (Wildman–Crippen MR) is 99.8 cm³/mol. The molecule has 1 aromatic carbocycles. The van der Waals surface area contributed by atoms with Crippen LogP contribution in [-0.2, 0) is 14.3 Å². The molecule has 138 valence electrons. The van der Waals surface area contributed by atoms with E-state index in [1.807, 2.05) is 37.3 Å². The summed E-state index contributed by atoms with van der Waals surface area (Å²) in [5.41, 5.74) is 1.49. The molecule has 0 radical (unpaired) electrons. The van der Waals surface area contributed by atoms with Gasteiger partial charge in [-0.2, -0.15) is 0 Å². The van der Waals surface area contributed by atoms with Gasteiger partial charge >= 0.3 is 11.9 Å². The van der Waals surface area contributed by atoms with Crippen LogP contribution in [0.4, 0.5) is 5.00 Å². The Labute approximate surface area is 156 Å². The fraction of sp³-hybridized carbons (Fsp3) is 0.316. The molecule has 0 bridgehead atoms. The van der Waals surface area contributed by atoms with Gasteiger partial charge in [-0.1, -0.05) is 37.3 Å². The maximum absolute atomic E-state index is 12.8. The van der Waals surface area contributed by atoms with Gasteiger partial charge < -0.3 is 14.8 Å². The first-order valence-corrected chi connectivity index (χ1v) is 8.92. The van der Waals surface area contributed by atoms with Gasteiger partial charge in [-0.15, -0.1) is 11.3 Å². The smallest absolute Gasteiger partial charge is 0.348 e. The number of carbonyl (C=O) groups is 3. The maximum atomic E-state index is 12.8. The Bertz CT molecular complexity index is 813. The third kappa shape index (κ3) is 3.94. The lowest BCUT2D eigenvalue weighted by Crippen LogP contribution is -2.21. The van der Waals surface area contributed by atoms with Crippen LogP contribution >= 0.6 is 11.3 Å². The van der Waals surface area contributed by atoms with E-state index in [4.69, 9.17) is 9.47 Å². The summed E-state index contributed by atoms with van der Waals surface area (Å²) in [4.78, 5) is 37.1. The second kappa shape index (κ2) is 8.62.